The zero-order valence-corrected chi connectivity index (χ0v) is 33.4. The van der Waals surface area contributed by atoms with Gasteiger partial charge in [-0.15, -0.1) is 5.10 Å². The fourth-order valence-electron chi connectivity index (χ4n) is 6.70. The number of ether oxygens (including phenoxy) is 6. The zero-order chi connectivity index (χ0) is 39.5. The molecule has 0 saturated carbocycles. The van der Waals surface area contributed by atoms with Gasteiger partial charge in [-0.25, -0.2) is 19.1 Å². The Labute approximate surface area is 324 Å². The highest BCUT2D eigenvalue weighted by atomic mass is 31.2. The molecule has 1 saturated heterocycles. The third-order valence-corrected chi connectivity index (χ3v) is 11.3. The summed E-state index contributed by atoms with van der Waals surface area (Å²) in [7, 11) is 4.33. The molecule has 0 amide bonds. The Balaban J connectivity index is 1.63. The number of carbonyl (C=O) groups is 1. The van der Waals surface area contributed by atoms with E-state index >= 15 is 0 Å². The summed E-state index contributed by atoms with van der Waals surface area (Å²) in [5.41, 5.74) is 1.39. The molecule has 55 heavy (non-hydrogen) atoms. The number of esters is 1. The first-order chi connectivity index (χ1) is 26.6. The van der Waals surface area contributed by atoms with Crippen LogP contribution in [0.5, 0.6) is 11.5 Å². The topological polar surface area (TPSA) is 149 Å². The Morgan fingerprint density at radius 2 is 1.47 bits per heavy atom. The van der Waals surface area contributed by atoms with E-state index in [9.17, 15) is 10.1 Å². The summed E-state index contributed by atoms with van der Waals surface area (Å²) in [5, 5.41) is 13.7. The van der Waals surface area contributed by atoms with Crippen molar-refractivity contribution in [2.24, 2.45) is 0 Å². The molecule has 14 nitrogen and oxygen atoms in total. The van der Waals surface area contributed by atoms with Crippen LogP contribution in [0.3, 0.4) is 0 Å². The summed E-state index contributed by atoms with van der Waals surface area (Å²) in [4.78, 5) is 16.5. The van der Waals surface area contributed by atoms with E-state index in [0.29, 0.717) is 11.5 Å². The predicted octanol–water partition coefficient (Wildman–Crippen LogP) is 6.66. The monoisotopic (exact) mass is 775 g/mol. The molecule has 3 aromatic carbocycles. The molecule has 1 unspecified atom stereocenters. The van der Waals surface area contributed by atoms with Crippen LogP contribution in [0.2, 0.25) is 0 Å². The Morgan fingerprint density at radius 1 is 0.891 bits per heavy atom. The van der Waals surface area contributed by atoms with Gasteiger partial charge in [-0.2, -0.15) is 5.26 Å². The molecule has 1 aliphatic heterocycles. The standard InChI is InChI=1S/C40H50N5O9P/c1-27(2)45(28(3)4)55(52-24-12-23-41)54-35-34(53-38(36(35)49-7)44-26-42-37(43-44)39(46)50-8)25-51-40(29-13-10-9-11-14-29,30-15-19-32(47-5)20-16-30)31-17-21-33(48-6)22-18-31/h9-11,13-22,26-28,34-36,38H,12,24-25H2,1-8H3/t34-,35-,36-,38-,55?/m1/s1. The Bertz CT molecular complexity index is 1780. The second-order valence-corrected chi connectivity index (χ2v) is 14.6. The molecule has 294 valence electrons. The van der Waals surface area contributed by atoms with Crippen LogP contribution in [0.15, 0.2) is 85.2 Å². The quantitative estimate of drug-likeness (QED) is 0.0433. The molecule has 5 atom stereocenters. The van der Waals surface area contributed by atoms with Crippen molar-refractivity contribution in [2.45, 2.75) is 76.3 Å². The molecule has 1 aliphatic rings. The largest absolute Gasteiger partial charge is 0.497 e. The average molecular weight is 776 g/mol. The van der Waals surface area contributed by atoms with Crippen LogP contribution in [0.4, 0.5) is 0 Å². The van der Waals surface area contributed by atoms with Crippen molar-refractivity contribution in [3.05, 3.63) is 108 Å². The Kier molecular flexibility index (Phi) is 14.7. The lowest BCUT2D eigenvalue weighted by atomic mass is 9.80. The van der Waals surface area contributed by atoms with E-state index in [1.807, 2.05) is 78.9 Å². The summed E-state index contributed by atoms with van der Waals surface area (Å²) >= 11 is 0. The number of carbonyl (C=O) groups excluding carboxylic acids is 1. The molecule has 2 heterocycles. The molecular weight excluding hydrogens is 725 g/mol. The van der Waals surface area contributed by atoms with Crippen LogP contribution in [-0.2, 0) is 33.6 Å². The number of nitrogens with zero attached hydrogens (tertiary/aromatic N) is 5. The van der Waals surface area contributed by atoms with Crippen molar-refractivity contribution in [1.29, 1.82) is 5.26 Å². The van der Waals surface area contributed by atoms with Crippen LogP contribution in [-0.4, -0.2) is 97.5 Å². The van der Waals surface area contributed by atoms with E-state index in [-0.39, 0.29) is 37.5 Å². The molecule has 1 fully saturated rings. The molecule has 4 aromatic rings. The number of nitriles is 1. The predicted molar refractivity (Wildman–Crippen MR) is 204 cm³/mol. The molecule has 0 bridgehead atoms. The van der Waals surface area contributed by atoms with E-state index in [2.05, 4.69) is 48.5 Å². The third-order valence-electron chi connectivity index (χ3n) is 9.21. The maximum Gasteiger partial charge on any atom is 0.377 e. The van der Waals surface area contributed by atoms with Crippen molar-refractivity contribution in [1.82, 2.24) is 19.4 Å². The third kappa shape index (κ3) is 9.34. The normalized spacial score (nSPS) is 19.1. The highest BCUT2D eigenvalue weighted by Crippen LogP contribution is 2.51. The van der Waals surface area contributed by atoms with Crippen LogP contribution >= 0.6 is 8.53 Å². The van der Waals surface area contributed by atoms with E-state index in [4.69, 9.17) is 37.5 Å². The molecule has 0 aliphatic carbocycles. The lowest BCUT2D eigenvalue weighted by Crippen LogP contribution is -2.42. The van der Waals surface area contributed by atoms with Crippen molar-refractivity contribution >= 4 is 14.5 Å². The molecule has 0 radical (unpaired) electrons. The minimum absolute atomic E-state index is 0.00272. The highest BCUT2D eigenvalue weighted by molar-refractivity contribution is 7.44. The minimum Gasteiger partial charge on any atom is -0.497 e. The lowest BCUT2D eigenvalue weighted by molar-refractivity contribution is -0.0978. The molecule has 1 aromatic heterocycles. The van der Waals surface area contributed by atoms with Gasteiger partial charge in [0.2, 0.25) is 0 Å². The number of methoxy groups -OCH3 is 4. The maximum absolute atomic E-state index is 12.4. The number of hydrogen-bond acceptors (Lipinski definition) is 13. The van der Waals surface area contributed by atoms with E-state index in [1.165, 1.54) is 18.1 Å². The van der Waals surface area contributed by atoms with Crippen molar-refractivity contribution < 1.29 is 42.3 Å². The van der Waals surface area contributed by atoms with E-state index < -0.39 is 44.6 Å². The molecular formula is C40H50N5O9P. The molecule has 0 N–H and O–H groups in total. The second-order valence-electron chi connectivity index (χ2n) is 13.2. The van der Waals surface area contributed by atoms with Gasteiger partial charge in [-0.3, -0.25) is 0 Å². The number of aromatic nitrogens is 3. The van der Waals surface area contributed by atoms with Gasteiger partial charge in [0.05, 0.1) is 47.0 Å². The van der Waals surface area contributed by atoms with Crippen LogP contribution in [0.1, 0.15) is 67.7 Å². The van der Waals surface area contributed by atoms with Gasteiger partial charge in [0, 0.05) is 19.2 Å². The molecule has 0 spiro atoms. The second kappa shape index (κ2) is 19.4. The summed E-state index contributed by atoms with van der Waals surface area (Å²) in [6.07, 6.45) is -1.62. The van der Waals surface area contributed by atoms with Crippen molar-refractivity contribution in [3.8, 4) is 17.6 Å². The zero-order valence-electron chi connectivity index (χ0n) is 32.5. The van der Waals surface area contributed by atoms with Crippen molar-refractivity contribution in [2.75, 3.05) is 41.7 Å². The van der Waals surface area contributed by atoms with Gasteiger partial charge < -0.3 is 37.5 Å². The number of rotatable bonds is 19. The first kappa shape index (κ1) is 41.7. The van der Waals surface area contributed by atoms with Gasteiger partial charge in [-0.1, -0.05) is 54.6 Å². The smallest absolute Gasteiger partial charge is 0.377 e. The van der Waals surface area contributed by atoms with Gasteiger partial charge in [0.15, 0.2) is 6.23 Å². The van der Waals surface area contributed by atoms with Crippen LogP contribution in [0, 0.1) is 11.3 Å². The molecule has 5 rings (SSSR count). The average Bonchev–Trinajstić information content (AvgIpc) is 3.83. The highest BCUT2D eigenvalue weighted by Gasteiger charge is 2.51. The maximum atomic E-state index is 12.4. The summed E-state index contributed by atoms with van der Waals surface area (Å²) in [6.45, 7) is 8.43. The molecule has 15 heteroatoms. The first-order valence-corrected chi connectivity index (χ1v) is 19.2. The van der Waals surface area contributed by atoms with E-state index in [1.54, 1.807) is 21.3 Å². The first-order valence-electron chi connectivity index (χ1n) is 18.0. The fraction of sp³-hybridized carbons (Fsp3) is 0.450. The fourth-order valence-corrected chi connectivity index (χ4v) is 8.46. The summed E-state index contributed by atoms with van der Waals surface area (Å²) in [5.74, 6) is 0.571. The van der Waals surface area contributed by atoms with Crippen molar-refractivity contribution in [3.63, 3.8) is 0 Å². The van der Waals surface area contributed by atoms with Gasteiger partial charge >= 0.3 is 5.97 Å². The summed E-state index contributed by atoms with van der Waals surface area (Å²) < 4.78 is 52.9. The van der Waals surface area contributed by atoms with Crippen LogP contribution in [0.25, 0.3) is 0 Å². The summed E-state index contributed by atoms with van der Waals surface area (Å²) in [6, 6.07) is 27.7. The Morgan fingerprint density at radius 3 is 1.98 bits per heavy atom. The van der Waals surface area contributed by atoms with Gasteiger partial charge in [0.25, 0.3) is 14.4 Å². The SMILES string of the molecule is COC(=O)c1ncn([C@@H]2O[C@H](COC(c3ccccc3)(c3ccc(OC)cc3)c3ccc(OC)cc3)[C@@H](OP(OCCC#N)N(C(C)C)C(C)C)[C@H]2OC)n1. The van der Waals surface area contributed by atoms with Gasteiger partial charge in [-0.05, 0) is 68.7 Å². The number of benzene rings is 3. The number of hydrogen-bond donors (Lipinski definition) is 0. The minimum atomic E-state index is -1.74. The lowest BCUT2D eigenvalue weighted by Gasteiger charge is -2.39. The van der Waals surface area contributed by atoms with Gasteiger partial charge in [0.1, 0.15) is 41.7 Å². The van der Waals surface area contributed by atoms with E-state index in [0.717, 1.165) is 16.7 Å². The van der Waals surface area contributed by atoms with Crippen LogP contribution < -0.4 is 9.47 Å². The Hall–Kier alpha value is -4.45.